The topological polar surface area (TPSA) is 82.6 Å². The summed E-state index contributed by atoms with van der Waals surface area (Å²) in [6.07, 6.45) is 5.20. The van der Waals surface area contributed by atoms with Crippen LogP contribution in [0.5, 0.6) is 0 Å². The summed E-state index contributed by atoms with van der Waals surface area (Å²) in [5.41, 5.74) is 1.45. The molecule has 2 aromatic rings. The fraction of sp³-hybridized carbons (Fsp3) is 0.391. The van der Waals surface area contributed by atoms with Crippen molar-refractivity contribution in [2.75, 3.05) is 31.1 Å². The quantitative estimate of drug-likeness (QED) is 0.824. The van der Waals surface area contributed by atoms with Gasteiger partial charge in [0.1, 0.15) is 0 Å². The van der Waals surface area contributed by atoms with E-state index in [0.29, 0.717) is 37.7 Å². The molecule has 1 atom stereocenters. The summed E-state index contributed by atoms with van der Waals surface area (Å²) in [5.74, 6) is -0.0329. The van der Waals surface area contributed by atoms with Gasteiger partial charge in [0.15, 0.2) is 0 Å². The number of hydrogen-bond acceptors (Lipinski definition) is 4. The van der Waals surface area contributed by atoms with Crippen LogP contribution in [0.15, 0.2) is 54.9 Å². The van der Waals surface area contributed by atoms with Crippen LogP contribution < -0.4 is 10.2 Å². The average Bonchev–Trinajstić information content (AvgIpc) is 3.20. The third-order valence-electron chi connectivity index (χ3n) is 5.94. The predicted molar refractivity (Wildman–Crippen MR) is 113 cm³/mol. The Labute approximate surface area is 176 Å². The second-order valence-corrected chi connectivity index (χ2v) is 7.96. The molecule has 2 aliphatic heterocycles. The van der Waals surface area contributed by atoms with E-state index < -0.39 is 0 Å². The van der Waals surface area contributed by atoms with Gasteiger partial charge in [-0.15, -0.1) is 0 Å². The van der Waals surface area contributed by atoms with Crippen LogP contribution >= 0.6 is 0 Å². The number of nitrogens with zero attached hydrogens (tertiary/aromatic N) is 3. The number of pyridine rings is 1. The average molecular weight is 406 g/mol. The normalized spacial score (nSPS) is 19.7. The smallest absolute Gasteiger partial charge is 0.255 e. The molecule has 1 aromatic carbocycles. The van der Waals surface area contributed by atoms with Crippen LogP contribution in [0.25, 0.3) is 0 Å². The zero-order valence-electron chi connectivity index (χ0n) is 16.9. The predicted octanol–water partition coefficient (Wildman–Crippen LogP) is 2.10. The number of nitrogens with one attached hydrogen (secondary N) is 1. The minimum atomic E-state index is -0.315. The molecule has 1 N–H and O–H groups in total. The minimum absolute atomic E-state index is 0.0102. The van der Waals surface area contributed by atoms with Crippen molar-refractivity contribution in [1.29, 1.82) is 0 Å². The number of benzene rings is 1. The number of piperidine rings is 1. The maximum absolute atomic E-state index is 12.6. The van der Waals surface area contributed by atoms with Crippen molar-refractivity contribution in [2.24, 2.45) is 11.8 Å². The lowest BCUT2D eigenvalue weighted by Crippen LogP contribution is -2.42. The Morgan fingerprint density at radius 2 is 1.83 bits per heavy atom. The van der Waals surface area contributed by atoms with Crippen LogP contribution in [0.1, 0.15) is 29.6 Å². The van der Waals surface area contributed by atoms with Crippen molar-refractivity contribution in [1.82, 2.24) is 15.2 Å². The molecule has 2 aliphatic rings. The summed E-state index contributed by atoms with van der Waals surface area (Å²) in [5, 5.41) is 3.03. The van der Waals surface area contributed by atoms with Crippen LogP contribution in [-0.4, -0.2) is 53.8 Å². The highest BCUT2D eigenvalue weighted by atomic mass is 16.2. The molecule has 0 radical (unpaired) electrons. The molecule has 2 saturated heterocycles. The lowest BCUT2D eigenvalue weighted by molar-refractivity contribution is -0.126. The zero-order valence-corrected chi connectivity index (χ0v) is 16.9. The lowest BCUT2D eigenvalue weighted by Gasteiger charge is -2.32. The molecular weight excluding hydrogens is 380 g/mol. The number of amides is 3. The van der Waals surface area contributed by atoms with Crippen LogP contribution in [0, 0.1) is 11.8 Å². The van der Waals surface area contributed by atoms with E-state index in [2.05, 4.69) is 10.3 Å². The molecule has 0 spiro atoms. The van der Waals surface area contributed by atoms with E-state index in [1.54, 1.807) is 29.4 Å². The van der Waals surface area contributed by atoms with Crippen molar-refractivity contribution in [2.45, 2.75) is 19.3 Å². The summed E-state index contributed by atoms with van der Waals surface area (Å²) in [7, 11) is 0. The number of carbonyl (C=O) groups excluding carboxylic acids is 3. The Morgan fingerprint density at radius 1 is 1.07 bits per heavy atom. The summed E-state index contributed by atoms with van der Waals surface area (Å²) in [6, 6.07) is 13.0. The van der Waals surface area contributed by atoms with Crippen molar-refractivity contribution < 1.29 is 14.4 Å². The summed E-state index contributed by atoms with van der Waals surface area (Å²) in [6.45, 7) is 2.37. The number of aromatic nitrogens is 1. The molecule has 2 fully saturated rings. The van der Waals surface area contributed by atoms with Gasteiger partial charge >= 0.3 is 0 Å². The molecule has 0 aliphatic carbocycles. The van der Waals surface area contributed by atoms with Gasteiger partial charge in [0.05, 0.1) is 11.5 Å². The highest BCUT2D eigenvalue weighted by molar-refractivity contribution is 6.00. The maximum Gasteiger partial charge on any atom is 0.255 e. The number of para-hydroxylation sites is 1. The molecule has 3 amide bonds. The van der Waals surface area contributed by atoms with Gasteiger partial charge < -0.3 is 15.1 Å². The first-order valence-electron chi connectivity index (χ1n) is 10.4. The van der Waals surface area contributed by atoms with Crippen LogP contribution in [-0.2, 0) is 9.59 Å². The van der Waals surface area contributed by atoms with E-state index in [-0.39, 0.29) is 30.1 Å². The van der Waals surface area contributed by atoms with Crippen LogP contribution in [0.2, 0.25) is 0 Å². The SMILES string of the molecule is O=C(NCC1CCN(C(=O)c2cccnc2)CC1)C1CC(=O)N(c2ccccc2)C1. The van der Waals surface area contributed by atoms with Crippen molar-refractivity contribution in [3.05, 3.63) is 60.4 Å². The zero-order chi connectivity index (χ0) is 20.9. The van der Waals surface area contributed by atoms with Gasteiger partial charge in [-0.05, 0) is 43.0 Å². The number of carbonyl (C=O) groups is 3. The largest absolute Gasteiger partial charge is 0.356 e. The van der Waals surface area contributed by atoms with Crippen molar-refractivity contribution >= 4 is 23.4 Å². The first-order chi connectivity index (χ1) is 14.6. The van der Waals surface area contributed by atoms with Gasteiger partial charge in [-0.3, -0.25) is 19.4 Å². The third-order valence-corrected chi connectivity index (χ3v) is 5.94. The summed E-state index contributed by atoms with van der Waals surface area (Å²) >= 11 is 0. The monoisotopic (exact) mass is 406 g/mol. The van der Waals surface area contributed by atoms with E-state index >= 15 is 0 Å². The molecule has 0 bridgehead atoms. The fourth-order valence-corrected chi connectivity index (χ4v) is 4.14. The summed E-state index contributed by atoms with van der Waals surface area (Å²) in [4.78, 5) is 45.0. The van der Waals surface area contributed by atoms with E-state index in [9.17, 15) is 14.4 Å². The Balaban J connectivity index is 1.23. The molecule has 1 aromatic heterocycles. The Kier molecular flexibility index (Phi) is 6.07. The first-order valence-corrected chi connectivity index (χ1v) is 10.4. The number of rotatable bonds is 5. The van der Waals surface area contributed by atoms with Crippen LogP contribution in [0.3, 0.4) is 0 Å². The fourth-order valence-electron chi connectivity index (χ4n) is 4.14. The minimum Gasteiger partial charge on any atom is -0.356 e. The number of likely N-dealkylation sites (tertiary alicyclic amines) is 1. The van der Waals surface area contributed by atoms with Crippen LogP contribution in [0.4, 0.5) is 5.69 Å². The second kappa shape index (κ2) is 9.07. The number of anilines is 1. The number of hydrogen-bond donors (Lipinski definition) is 1. The van der Waals surface area contributed by atoms with Crippen molar-refractivity contribution in [3.63, 3.8) is 0 Å². The van der Waals surface area contributed by atoms with Gasteiger partial charge in [0.25, 0.3) is 5.91 Å². The molecule has 0 saturated carbocycles. The molecule has 7 heteroatoms. The van der Waals surface area contributed by atoms with Gasteiger partial charge in [-0.25, -0.2) is 0 Å². The Hall–Kier alpha value is -3.22. The Morgan fingerprint density at radius 3 is 2.53 bits per heavy atom. The molecule has 30 heavy (non-hydrogen) atoms. The van der Waals surface area contributed by atoms with Gasteiger partial charge in [-0.1, -0.05) is 18.2 Å². The van der Waals surface area contributed by atoms with Crippen molar-refractivity contribution in [3.8, 4) is 0 Å². The maximum atomic E-state index is 12.6. The van der Waals surface area contributed by atoms with Gasteiger partial charge in [0, 0.05) is 50.7 Å². The van der Waals surface area contributed by atoms with E-state index in [1.807, 2.05) is 35.2 Å². The lowest BCUT2D eigenvalue weighted by atomic mass is 9.96. The molecule has 3 heterocycles. The molecule has 156 valence electrons. The van der Waals surface area contributed by atoms with E-state index in [0.717, 1.165) is 18.5 Å². The molecule has 1 unspecified atom stereocenters. The third kappa shape index (κ3) is 4.50. The Bertz CT molecular complexity index is 895. The molecule has 7 nitrogen and oxygen atoms in total. The van der Waals surface area contributed by atoms with E-state index in [1.165, 1.54) is 0 Å². The highest BCUT2D eigenvalue weighted by Crippen LogP contribution is 2.25. The molecule has 4 rings (SSSR count). The van der Waals surface area contributed by atoms with E-state index in [4.69, 9.17) is 0 Å². The molecular formula is C23H26N4O3. The van der Waals surface area contributed by atoms with Gasteiger partial charge in [-0.2, -0.15) is 0 Å². The second-order valence-electron chi connectivity index (χ2n) is 7.96. The summed E-state index contributed by atoms with van der Waals surface area (Å²) < 4.78 is 0. The van der Waals surface area contributed by atoms with Gasteiger partial charge in [0.2, 0.25) is 11.8 Å². The standard InChI is InChI=1S/C23H26N4O3/c28-21-13-19(16-27(21)20-6-2-1-3-7-20)22(29)25-14-17-8-11-26(12-9-17)23(30)18-5-4-10-24-15-18/h1-7,10,15,17,19H,8-9,11-14,16H2,(H,25,29). The first kappa shape index (κ1) is 20.1. The highest BCUT2D eigenvalue weighted by Gasteiger charge is 2.35.